The molecule has 0 bridgehead atoms. The van der Waals surface area contributed by atoms with E-state index in [1.165, 1.54) is 5.56 Å². The van der Waals surface area contributed by atoms with Crippen molar-refractivity contribution in [2.45, 2.75) is 33.0 Å². The molecule has 2 nitrogen and oxygen atoms in total. The van der Waals surface area contributed by atoms with E-state index < -0.39 is 0 Å². The van der Waals surface area contributed by atoms with Gasteiger partial charge in [-0.2, -0.15) is 0 Å². The Labute approximate surface area is 86.1 Å². The molecule has 0 heterocycles. The largest absolute Gasteiger partial charge is 0.370 e. The van der Waals surface area contributed by atoms with Gasteiger partial charge < -0.3 is 10.5 Å². The minimum absolute atomic E-state index is 0.0237. The lowest BCUT2D eigenvalue weighted by atomic mass is 10.1. The molecule has 0 amide bonds. The fraction of sp³-hybridized carbons (Fsp3) is 0.500. The van der Waals surface area contributed by atoms with Crippen LogP contribution in [0.2, 0.25) is 0 Å². The zero-order chi connectivity index (χ0) is 10.6. The van der Waals surface area contributed by atoms with Crippen molar-refractivity contribution in [3.05, 3.63) is 35.4 Å². The number of hydrogen-bond acceptors (Lipinski definition) is 2. The Kier molecular flexibility index (Phi) is 4.11. The quantitative estimate of drug-likeness (QED) is 0.797. The van der Waals surface area contributed by atoms with E-state index in [2.05, 4.69) is 31.2 Å². The molecular weight excluding hydrogens is 174 g/mol. The summed E-state index contributed by atoms with van der Waals surface area (Å²) in [4.78, 5) is 0. The molecule has 0 spiro atoms. The van der Waals surface area contributed by atoms with Crippen molar-refractivity contribution in [3.63, 3.8) is 0 Å². The van der Waals surface area contributed by atoms with Crippen LogP contribution in [0.15, 0.2) is 24.3 Å². The van der Waals surface area contributed by atoms with Crippen molar-refractivity contribution in [3.8, 4) is 0 Å². The summed E-state index contributed by atoms with van der Waals surface area (Å²) in [6, 6.07) is 8.33. The third-order valence-corrected chi connectivity index (χ3v) is 2.10. The smallest absolute Gasteiger partial charge is 0.0950 e. The second-order valence-electron chi connectivity index (χ2n) is 3.82. The number of ether oxygens (including phenoxy) is 1. The average molecular weight is 193 g/mol. The molecule has 0 aliphatic rings. The van der Waals surface area contributed by atoms with Crippen LogP contribution in [-0.4, -0.2) is 12.6 Å². The van der Waals surface area contributed by atoms with Crippen molar-refractivity contribution < 1.29 is 4.74 Å². The molecule has 2 N–H and O–H groups in total. The summed E-state index contributed by atoms with van der Waals surface area (Å²) in [6.07, 6.45) is 0.237. The summed E-state index contributed by atoms with van der Waals surface area (Å²) in [5.41, 5.74) is 8.08. The van der Waals surface area contributed by atoms with E-state index in [1.807, 2.05) is 13.8 Å². The Morgan fingerprint density at radius 3 is 2.21 bits per heavy atom. The SMILES string of the molecule is Cc1ccc([C@H](CN)OC(C)C)cc1. The molecule has 78 valence electrons. The lowest BCUT2D eigenvalue weighted by molar-refractivity contribution is 0.0120. The molecule has 0 saturated carbocycles. The summed E-state index contributed by atoms with van der Waals surface area (Å²) >= 11 is 0. The fourth-order valence-corrected chi connectivity index (χ4v) is 1.38. The van der Waals surface area contributed by atoms with E-state index in [-0.39, 0.29) is 12.2 Å². The van der Waals surface area contributed by atoms with E-state index in [0.29, 0.717) is 6.54 Å². The average Bonchev–Trinajstić information content (AvgIpc) is 2.15. The summed E-state index contributed by atoms with van der Waals surface area (Å²) < 4.78 is 5.70. The van der Waals surface area contributed by atoms with Crippen molar-refractivity contribution in [1.82, 2.24) is 0 Å². The van der Waals surface area contributed by atoms with Crippen molar-refractivity contribution in [2.24, 2.45) is 5.73 Å². The van der Waals surface area contributed by atoms with Gasteiger partial charge in [0.25, 0.3) is 0 Å². The maximum atomic E-state index is 5.70. The molecule has 0 saturated heterocycles. The lowest BCUT2D eigenvalue weighted by Crippen LogP contribution is -2.19. The fourth-order valence-electron chi connectivity index (χ4n) is 1.38. The topological polar surface area (TPSA) is 35.2 Å². The first-order chi connectivity index (χ1) is 6.63. The van der Waals surface area contributed by atoms with Crippen LogP contribution in [-0.2, 0) is 4.74 Å². The molecule has 0 radical (unpaired) electrons. The number of aryl methyl sites for hydroxylation is 1. The Morgan fingerprint density at radius 2 is 1.79 bits per heavy atom. The monoisotopic (exact) mass is 193 g/mol. The maximum Gasteiger partial charge on any atom is 0.0950 e. The minimum atomic E-state index is 0.0237. The molecule has 0 aliphatic carbocycles. The highest BCUT2D eigenvalue weighted by atomic mass is 16.5. The highest BCUT2D eigenvalue weighted by Gasteiger charge is 2.10. The van der Waals surface area contributed by atoms with Gasteiger partial charge in [-0.3, -0.25) is 0 Å². The van der Waals surface area contributed by atoms with Gasteiger partial charge in [0.15, 0.2) is 0 Å². The Morgan fingerprint density at radius 1 is 1.21 bits per heavy atom. The van der Waals surface area contributed by atoms with Crippen LogP contribution in [0.1, 0.15) is 31.1 Å². The first-order valence-electron chi connectivity index (χ1n) is 5.05. The van der Waals surface area contributed by atoms with Crippen LogP contribution in [0, 0.1) is 6.92 Å². The highest BCUT2D eigenvalue weighted by molar-refractivity contribution is 5.23. The summed E-state index contributed by atoms with van der Waals surface area (Å²) in [6.45, 7) is 6.65. The molecule has 0 aromatic heterocycles. The second-order valence-corrected chi connectivity index (χ2v) is 3.82. The van der Waals surface area contributed by atoms with Gasteiger partial charge in [-0.05, 0) is 26.3 Å². The van der Waals surface area contributed by atoms with E-state index in [9.17, 15) is 0 Å². The van der Waals surface area contributed by atoms with Crippen LogP contribution in [0.4, 0.5) is 0 Å². The number of rotatable bonds is 4. The van der Waals surface area contributed by atoms with Crippen LogP contribution in [0.25, 0.3) is 0 Å². The van der Waals surface area contributed by atoms with Crippen molar-refractivity contribution in [1.29, 1.82) is 0 Å². The second kappa shape index (κ2) is 5.13. The van der Waals surface area contributed by atoms with Gasteiger partial charge in [0.1, 0.15) is 0 Å². The molecule has 14 heavy (non-hydrogen) atoms. The zero-order valence-electron chi connectivity index (χ0n) is 9.16. The Bertz CT molecular complexity index is 266. The van der Waals surface area contributed by atoms with Gasteiger partial charge in [0.05, 0.1) is 12.2 Å². The van der Waals surface area contributed by atoms with Crippen LogP contribution in [0.3, 0.4) is 0 Å². The van der Waals surface area contributed by atoms with Gasteiger partial charge in [-0.1, -0.05) is 29.8 Å². The minimum Gasteiger partial charge on any atom is -0.370 e. The van der Waals surface area contributed by atoms with Crippen LogP contribution < -0.4 is 5.73 Å². The summed E-state index contributed by atoms with van der Waals surface area (Å²) in [5.74, 6) is 0. The summed E-state index contributed by atoms with van der Waals surface area (Å²) in [7, 11) is 0. The molecule has 2 heteroatoms. The van der Waals surface area contributed by atoms with E-state index in [0.717, 1.165) is 5.56 Å². The normalized spacial score (nSPS) is 13.2. The maximum absolute atomic E-state index is 5.70. The standard InChI is InChI=1S/C12H19NO/c1-9(2)14-12(8-13)11-6-4-10(3)5-7-11/h4-7,9,12H,8,13H2,1-3H3/t12-/m0/s1. The lowest BCUT2D eigenvalue weighted by Gasteiger charge is -2.19. The first kappa shape index (κ1) is 11.2. The third-order valence-electron chi connectivity index (χ3n) is 2.10. The van der Waals surface area contributed by atoms with Gasteiger partial charge in [0.2, 0.25) is 0 Å². The van der Waals surface area contributed by atoms with Crippen LogP contribution in [0.5, 0.6) is 0 Å². The number of hydrogen-bond donors (Lipinski definition) is 1. The van der Waals surface area contributed by atoms with Gasteiger partial charge in [0, 0.05) is 6.54 Å². The van der Waals surface area contributed by atoms with Gasteiger partial charge in [-0.25, -0.2) is 0 Å². The Hall–Kier alpha value is -0.860. The van der Waals surface area contributed by atoms with Gasteiger partial charge in [-0.15, -0.1) is 0 Å². The molecule has 1 aromatic rings. The van der Waals surface area contributed by atoms with E-state index in [4.69, 9.17) is 10.5 Å². The summed E-state index contributed by atoms with van der Waals surface area (Å²) in [5, 5.41) is 0. The Balaban J connectivity index is 2.73. The molecular formula is C12H19NO. The predicted molar refractivity (Wildman–Crippen MR) is 59.2 cm³/mol. The van der Waals surface area contributed by atoms with E-state index in [1.54, 1.807) is 0 Å². The van der Waals surface area contributed by atoms with Crippen molar-refractivity contribution in [2.75, 3.05) is 6.54 Å². The molecule has 1 atom stereocenters. The highest BCUT2D eigenvalue weighted by Crippen LogP contribution is 2.18. The number of benzene rings is 1. The van der Waals surface area contributed by atoms with Crippen LogP contribution >= 0.6 is 0 Å². The molecule has 0 unspecified atom stereocenters. The first-order valence-corrected chi connectivity index (χ1v) is 5.05. The third kappa shape index (κ3) is 3.13. The van der Waals surface area contributed by atoms with Crippen molar-refractivity contribution >= 4 is 0 Å². The van der Waals surface area contributed by atoms with Gasteiger partial charge >= 0.3 is 0 Å². The zero-order valence-corrected chi connectivity index (χ0v) is 9.16. The molecule has 1 rings (SSSR count). The molecule has 1 aromatic carbocycles. The van der Waals surface area contributed by atoms with E-state index >= 15 is 0 Å². The molecule has 0 fully saturated rings. The predicted octanol–water partition coefficient (Wildman–Crippen LogP) is 2.42. The number of nitrogens with two attached hydrogens (primary N) is 1. The molecule has 0 aliphatic heterocycles.